The fourth-order valence-corrected chi connectivity index (χ4v) is 1.99. The molecule has 1 rings (SSSR count). The van der Waals surface area contributed by atoms with Crippen molar-refractivity contribution in [1.29, 1.82) is 0 Å². The van der Waals surface area contributed by atoms with Crippen LogP contribution < -0.4 is 10.6 Å². The predicted molar refractivity (Wildman–Crippen MR) is 75.7 cm³/mol. The molecule has 3 nitrogen and oxygen atoms in total. The highest BCUT2D eigenvalue weighted by atomic mass is 35.5. The molecule has 0 aliphatic heterocycles. The van der Waals surface area contributed by atoms with E-state index in [9.17, 15) is 4.79 Å². The largest absolute Gasteiger partial charge is 0.351 e. The standard InChI is InChI=1S/C14H19ClN2O/c1-4-9-16-14(18)11(3)17-10(2)12-7-5-6-8-13(12)15/h4-8,10-11,17H,1,9H2,2-3H3,(H,16,18)/t10-,11-/m0/s1. The Bertz CT molecular complexity index is 420. The van der Waals surface area contributed by atoms with E-state index in [1.165, 1.54) is 0 Å². The van der Waals surface area contributed by atoms with Crippen molar-refractivity contribution in [2.24, 2.45) is 0 Å². The zero-order valence-electron chi connectivity index (χ0n) is 10.7. The van der Waals surface area contributed by atoms with Crippen LogP contribution in [0.4, 0.5) is 0 Å². The van der Waals surface area contributed by atoms with Crippen LogP contribution in [0.5, 0.6) is 0 Å². The first kappa shape index (κ1) is 14.7. The number of benzene rings is 1. The molecule has 0 unspecified atom stereocenters. The van der Waals surface area contributed by atoms with Gasteiger partial charge in [0.25, 0.3) is 0 Å². The summed E-state index contributed by atoms with van der Waals surface area (Å²) >= 11 is 6.11. The maximum atomic E-state index is 11.7. The summed E-state index contributed by atoms with van der Waals surface area (Å²) in [5.41, 5.74) is 0.988. The van der Waals surface area contributed by atoms with E-state index >= 15 is 0 Å². The van der Waals surface area contributed by atoms with E-state index in [2.05, 4.69) is 17.2 Å². The average Bonchev–Trinajstić information content (AvgIpc) is 2.36. The number of carbonyl (C=O) groups is 1. The van der Waals surface area contributed by atoms with Gasteiger partial charge in [-0.05, 0) is 25.5 Å². The first-order chi connectivity index (χ1) is 8.56. The summed E-state index contributed by atoms with van der Waals surface area (Å²) in [6.07, 6.45) is 1.65. The first-order valence-electron chi connectivity index (χ1n) is 5.95. The monoisotopic (exact) mass is 266 g/mol. The summed E-state index contributed by atoms with van der Waals surface area (Å²) in [4.78, 5) is 11.7. The van der Waals surface area contributed by atoms with Crippen molar-refractivity contribution in [2.45, 2.75) is 25.9 Å². The van der Waals surface area contributed by atoms with Gasteiger partial charge < -0.3 is 5.32 Å². The lowest BCUT2D eigenvalue weighted by atomic mass is 10.1. The Morgan fingerprint density at radius 3 is 2.72 bits per heavy atom. The van der Waals surface area contributed by atoms with Crippen LogP contribution in [0.1, 0.15) is 25.5 Å². The Balaban J connectivity index is 2.59. The molecule has 0 spiro atoms. The number of hydrogen-bond donors (Lipinski definition) is 2. The van der Waals surface area contributed by atoms with E-state index in [1.54, 1.807) is 6.08 Å². The summed E-state index contributed by atoms with van der Waals surface area (Å²) in [6.45, 7) is 7.85. The van der Waals surface area contributed by atoms with Crippen LogP contribution in [0.3, 0.4) is 0 Å². The van der Waals surface area contributed by atoms with Crippen LogP contribution in [0, 0.1) is 0 Å². The molecule has 0 aromatic heterocycles. The predicted octanol–water partition coefficient (Wildman–Crippen LogP) is 2.68. The smallest absolute Gasteiger partial charge is 0.237 e. The molecule has 0 aliphatic rings. The number of halogens is 1. The van der Waals surface area contributed by atoms with E-state index in [-0.39, 0.29) is 18.0 Å². The maximum Gasteiger partial charge on any atom is 0.237 e. The van der Waals surface area contributed by atoms with Gasteiger partial charge >= 0.3 is 0 Å². The molecule has 2 N–H and O–H groups in total. The van der Waals surface area contributed by atoms with Crippen LogP contribution in [0.15, 0.2) is 36.9 Å². The van der Waals surface area contributed by atoms with Gasteiger partial charge in [-0.25, -0.2) is 0 Å². The molecule has 1 aromatic carbocycles. The van der Waals surface area contributed by atoms with Gasteiger partial charge in [-0.2, -0.15) is 0 Å². The Morgan fingerprint density at radius 2 is 2.11 bits per heavy atom. The van der Waals surface area contributed by atoms with Crippen molar-refractivity contribution in [3.05, 3.63) is 47.5 Å². The quantitative estimate of drug-likeness (QED) is 0.778. The van der Waals surface area contributed by atoms with Crippen LogP contribution in [0.2, 0.25) is 5.02 Å². The van der Waals surface area contributed by atoms with Crippen molar-refractivity contribution in [2.75, 3.05) is 6.54 Å². The zero-order chi connectivity index (χ0) is 13.5. The van der Waals surface area contributed by atoms with E-state index < -0.39 is 0 Å². The van der Waals surface area contributed by atoms with Gasteiger partial charge in [0.1, 0.15) is 0 Å². The van der Waals surface area contributed by atoms with Crippen molar-refractivity contribution in [3.8, 4) is 0 Å². The van der Waals surface area contributed by atoms with Gasteiger partial charge in [0.2, 0.25) is 5.91 Å². The molecular formula is C14H19ClN2O. The number of amides is 1. The molecule has 98 valence electrons. The summed E-state index contributed by atoms with van der Waals surface area (Å²) in [5.74, 6) is -0.0474. The second-order valence-corrected chi connectivity index (χ2v) is 4.57. The molecule has 0 saturated carbocycles. The summed E-state index contributed by atoms with van der Waals surface area (Å²) in [6, 6.07) is 7.35. The number of nitrogens with one attached hydrogen (secondary N) is 2. The number of hydrogen-bond acceptors (Lipinski definition) is 2. The van der Waals surface area contributed by atoms with Crippen molar-refractivity contribution >= 4 is 17.5 Å². The molecule has 0 saturated heterocycles. The molecular weight excluding hydrogens is 248 g/mol. The second kappa shape index (κ2) is 7.19. The third-order valence-electron chi connectivity index (χ3n) is 2.69. The Hall–Kier alpha value is -1.32. The lowest BCUT2D eigenvalue weighted by Gasteiger charge is -2.20. The molecule has 0 aliphatic carbocycles. The third kappa shape index (κ3) is 4.17. The van der Waals surface area contributed by atoms with Gasteiger partial charge in [-0.3, -0.25) is 10.1 Å². The van der Waals surface area contributed by atoms with Gasteiger partial charge in [-0.15, -0.1) is 6.58 Å². The van der Waals surface area contributed by atoms with Crippen molar-refractivity contribution in [1.82, 2.24) is 10.6 Å². The molecule has 18 heavy (non-hydrogen) atoms. The highest BCUT2D eigenvalue weighted by Crippen LogP contribution is 2.22. The molecule has 0 heterocycles. The highest BCUT2D eigenvalue weighted by Gasteiger charge is 2.16. The molecule has 1 amide bonds. The van der Waals surface area contributed by atoms with Crippen LogP contribution in [-0.4, -0.2) is 18.5 Å². The van der Waals surface area contributed by atoms with E-state index in [0.29, 0.717) is 11.6 Å². The highest BCUT2D eigenvalue weighted by molar-refractivity contribution is 6.31. The van der Waals surface area contributed by atoms with Crippen molar-refractivity contribution in [3.63, 3.8) is 0 Å². The normalized spacial score (nSPS) is 13.7. The summed E-state index contributed by atoms with van der Waals surface area (Å²) in [7, 11) is 0. The van der Waals surface area contributed by atoms with Gasteiger partial charge in [0, 0.05) is 17.6 Å². The topological polar surface area (TPSA) is 41.1 Å². The maximum absolute atomic E-state index is 11.7. The second-order valence-electron chi connectivity index (χ2n) is 4.17. The molecule has 4 heteroatoms. The Labute approximate surface area is 113 Å². The zero-order valence-corrected chi connectivity index (χ0v) is 11.5. The van der Waals surface area contributed by atoms with E-state index in [1.807, 2.05) is 38.1 Å². The molecule has 0 fully saturated rings. The van der Waals surface area contributed by atoms with Crippen LogP contribution in [0.25, 0.3) is 0 Å². The van der Waals surface area contributed by atoms with Gasteiger partial charge in [0.05, 0.1) is 6.04 Å². The Morgan fingerprint density at radius 1 is 1.44 bits per heavy atom. The first-order valence-corrected chi connectivity index (χ1v) is 6.33. The molecule has 0 bridgehead atoms. The molecule has 2 atom stereocenters. The fourth-order valence-electron chi connectivity index (χ4n) is 1.69. The summed E-state index contributed by atoms with van der Waals surface area (Å²) in [5, 5.41) is 6.67. The molecule has 0 radical (unpaired) electrons. The number of carbonyl (C=O) groups excluding carboxylic acids is 1. The molecule has 1 aromatic rings. The van der Waals surface area contributed by atoms with Crippen LogP contribution >= 0.6 is 11.6 Å². The van der Waals surface area contributed by atoms with E-state index in [0.717, 1.165) is 5.56 Å². The minimum atomic E-state index is -0.281. The van der Waals surface area contributed by atoms with Crippen LogP contribution in [-0.2, 0) is 4.79 Å². The lowest BCUT2D eigenvalue weighted by Crippen LogP contribution is -2.43. The van der Waals surface area contributed by atoms with Crippen molar-refractivity contribution < 1.29 is 4.79 Å². The Kier molecular flexibility index (Phi) is 5.89. The minimum absolute atomic E-state index is 0.0168. The number of rotatable bonds is 6. The average molecular weight is 267 g/mol. The fraction of sp³-hybridized carbons (Fsp3) is 0.357. The third-order valence-corrected chi connectivity index (χ3v) is 3.03. The van der Waals surface area contributed by atoms with Gasteiger partial charge in [0.15, 0.2) is 0 Å². The minimum Gasteiger partial charge on any atom is -0.351 e. The SMILES string of the molecule is C=CCNC(=O)[C@H](C)N[C@@H](C)c1ccccc1Cl. The van der Waals surface area contributed by atoms with E-state index in [4.69, 9.17) is 11.6 Å². The summed E-state index contributed by atoms with van der Waals surface area (Å²) < 4.78 is 0. The van der Waals surface area contributed by atoms with Gasteiger partial charge in [-0.1, -0.05) is 35.9 Å². The lowest BCUT2D eigenvalue weighted by molar-refractivity contribution is -0.122.